The number of rotatable bonds is 6. The maximum absolute atomic E-state index is 11.7. The van der Waals surface area contributed by atoms with Gasteiger partial charge >= 0.3 is 0 Å². The normalized spacial score (nSPS) is 21.2. The quantitative estimate of drug-likeness (QED) is 0.738. The van der Waals surface area contributed by atoms with E-state index in [1.54, 1.807) is 7.11 Å². The number of hydrogen-bond donors (Lipinski definition) is 2. The van der Waals surface area contributed by atoms with Crippen LogP contribution in [0.15, 0.2) is 0 Å². The van der Waals surface area contributed by atoms with Gasteiger partial charge in [-0.05, 0) is 52.1 Å². The highest BCUT2D eigenvalue weighted by Gasteiger charge is 2.18. The molecule has 1 aliphatic heterocycles. The maximum atomic E-state index is 11.7. The van der Waals surface area contributed by atoms with Crippen molar-refractivity contribution in [1.82, 2.24) is 10.6 Å². The van der Waals surface area contributed by atoms with Gasteiger partial charge in [-0.1, -0.05) is 0 Å². The first-order valence-electron chi connectivity index (χ1n) is 6.56. The van der Waals surface area contributed by atoms with E-state index in [4.69, 9.17) is 4.74 Å². The van der Waals surface area contributed by atoms with Gasteiger partial charge in [-0.3, -0.25) is 4.79 Å². The van der Waals surface area contributed by atoms with E-state index in [9.17, 15) is 4.79 Å². The minimum absolute atomic E-state index is 0.140. The standard InChI is InChI=1S/C13H26N2O2/c1-13(2,17-3)10-15-12(16)7-6-11-5-4-8-14-9-11/h11,14H,4-10H2,1-3H3,(H,15,16). The molecule has 1 heterocycles. The van der Waals surface area contributed by atoms with E-state index >= 15 is 0 Å². The van der Waals surface area contributed by atoms with Gasteiger partial charge in [0, 0.05) is 20.1 Å². The van der Waals surface area contributed by atoms with Gasteiger partial charge in [0.15, 0.2) is 0 Å². The molecule has 1 fully saturated rings. The summed E-state index contributed by atoms with van der Waals surface area (Å²) in [4.78, 5) is 11.7. The average molecular weight is 242 g/mol. The SMILES string of the molecule is COC(C)(C)CNC(=O)CCC1CCCNC1. The van der Waals surface area contributed by atoms with Gasteiger partial charge in [0.05, 0.1) is 5.60 Å². The summed E-state index contributed by atoms with van der Waals surface area (Å²) in [5.74, 6) is 0.811. The van der Waals surface area contributed by atoms with Gasteiger partial charge in [-0.2, -0.15) is 0 Å². The molecule has 17 heavy (non-hydrogen) atoms. The van der Waals surface area contributed by atoms with Crippen LogP contribution in [0, 0.1) is 5.92 Å². The van der Waals surface area contributed by atoms with Crippen LogP contribution in [0.2, 0.25) is 0 Å². The number of ether oxygens (including phenoxy) is 1. The van der Waals surface area contributed by atoms with Gasteiger partial charge in [0.25, 0.3) is 0 Å². The molecule has 0 aromatic heterocycles. The Kier molecular flexibility index (Phi) is 5.92. The van der Waals surface area contributed by atoms with Crippen LogP contribution < -0.4 is 10.6 Å². The molecular formula is C13H26N2O2. The summed E-state index contributed by atoms with van der Waals surface area (Å²) in [6.07, 6.45) is 4.12. The Morgan fingerprint density at radius 2 is 2.29 bits per heavy atom. The summed E-state index contributed by atoms with van der Waals surface area (Å²) >= 11 is 0. The van der Waals surface area contributed by atoms with E-state index in [0.717, 1.165) is 19.5 Å². The topological polar surface area (TPSA) is 50.4 Å². The molecule has 0 bridgehead atoms. The molecule has 1 unspecified atom stereocenters. The monoisotopic (exact) mass is 242 g/mol. The van der Waals surface area contributed by atoms with Crippen molar-refractivity contribution in [3.63, 3.8) is 0 Å². The highest BCUT2D eigenvalue weighted by molar-refractivity contribution is 5.75. The number of piperidine rings is 1. The fourth-order valence-corrected chi connectivity index (χ4v) is 1.98. The molecule has 2 N–H and O–H groups in total. The molecule has 1 rings (SSSR count). The zero-order valence-electron chi connectivity index (χ0n) is 11.3. The molecule has 0 spiro atoms. The fraction of sp³-hybridized carbons (Fsp3) is 0.923. The second-order valence-electron chi connectivity index (χ2n) is 5.49. The molecule has 100 valence electrons. The molecule has 0 aromatic carbocycles. The summed E-state index contributed by atoms with van der Waals surface area (Å²) in [6, 6.07) is 0. The Bertz CT molecular complexity index is 236. The summed E-state index contributed by atoms with van der Waals surface area (Å²) in [6.45, 7) is 6.71. The fourth-order valence-electron chi connectivity index (χ4n) is 1.98. The number of carbonyl (C=O) groups is 1. The second kappa shape index (κ2) is 6.97. The van der Waals surface area contributed by atoms with E-state index in [2.05, 4.69) is 10.6 Å². The van der Waals surface area contributed by atoms with Crippen LogP contribution in [0.5, 0.6) is 0 Å². The summed E-state index contributed by atoms with van der Waals surface area (Å²) in [5, 5.41) is 6.30. The summed E-state index contributed by atoms with van der Waals surface area (Å²) in [7, 11) is 1.67. The molecule has 1 saturated heterocycles. The lowest BCUT2D eigenvalue weighted by molar-refractivity contribution is -0.122. The lowest BCUT2D eigenvalue weighted by atomic mass is 9.94. The van der Waals surface area contributed by atoms with Crippen LogP contribution in [0.1, 0.15) is 39.5 Å². The van der Waals surface area contributed by atoms with Crippen LogP contribution in [-0.2, 0) is 9.53 Å². The van der Waals surface area contributed by atoms with Crippen molar-refractivity contribution in [2.75, 3.05) is 26.7 Å². The zero-order chi connectivity index (χ0) is 12.7. The predicted molar refractivity (Wildman–Crippen MR) is 68.9 cm³/mol. The van der Waals surface area contributed by atoms with E-state index in [-0.39, 0.29) is 11.5 Å². The second-order valence-corrected chi connectivity index (χ2v) is 5.49. The molecule has 1 atom stereocenters. The van der Waals surface area contributed by atoms with Gasteiger partial charge in [-0.15, -0.1) is 0 Å². The first-order chi connectivity index (χ1) is 8.03. The lowest BCUT2D eigenvalue weighted by Crippen LogP contribution is -2.40. The van der Waals surface area contributed by atoms with Crippen molar-refractivity contribution in [1.29, 1.82) is 0 Å². The molecule has 1 amide bonds. The van der Waals surface area contributed by atoms with E-state index < -0.39 is 0 Å². The number of amides is 1. The molecular weight excluding hydrogens is 216 g/mol. The lowest BCUT2D eigenvalue weighted by Gasteiger charge is -2.24. The Balaban J connectivity index is 2.12. The predicted octanol–water partition coefficient (Wildman–Crippen LogP) is 1.31. The molecule has 0 saturated carbocycles. The first-order valence-corrected chi connectivity index (χ1v) is 6.56. The minimum atomic E-state index is -0.276. The highest BCUT2D eigenvalue weighted by Crippen LogP contribution is 2.15. The minimum Gasteiger partial charge on any atom is -0.377 e. The average Bonchev–Trinajstić information content (AvgIpc) is 2.35. The molecule has 0 radical (unpaired) electrons. The van der Waals surface area contributed by atoms with Gasteiger partial charge in [0.1, 0.15) is 0 Å². The van der Waals surface area contributed by atoms with E-state index in [0.29, 0.717) is 18.9 Å². The van der Waals surface area contributed by atoms with Crippen molar-refractivity contribution in [3.05, 3.63) is 0 Å². The van der Waals surface area contributed by atoms with Crippen molar-refractivity contribution in [2.24, 2.45) is 5.92 Å². The third-order valence-electron chi connectivity index (χ3n) is 3.44. The third-order valence-corrected chi connectivity index (χ3v) is 3.44. The van der Waals surface area contributed by atoms with Crippen LogP contribution in [-0.4, -0.2) is 38.3 Å². The first kappa shape index (κ1) is 14.5. The highest BCUT2D eigenvalue weighted by atomic mass is 16.5. The number of hydrogen-bond acceptors (Lipinski definition) is 3. The molecule has 1 aliphatic rings. The maximum Gasteiger partial charge on any atom is 0.220 e. The smallest absolute Gasteiger partial charge is 0.220 e. The van der Waals surface area contributed by atoms with Crippen molar-refractivity contribution in [2.45, 2.75) is 45.1 Å². The van der Waals surface area contributed by atoms with Crippen LogP contribution in [0.4, 0.5) is 0 Å². The van der Waals surface area contributed by atoms with E-state index in [1.165, 1.54) is 12.8 Å². The number of methoxy groups -OCH3 is 1. The molecule has 4 nitrogen and oxygen atoms in total. The Morgan fingerprint density at radius 3 is 2.88 bits per heavy atom. The molecule has 0 aliphatic carbocycles. The van der Waals surface area contributed by atoms with E-state index in [1.807, 2.05) is 13.8 Å². The zero-order valence-corrected chi connectivity index (χ0v) is 11.3. The van der Waals surface area contributed by atoms with Gasteiger partial charge < -0.3 is 15.4 Å². The van der Waals surface area contributed by atoms with Gasteiger partial charge in [0.2, 0.25) is 5.91 Å². The van der Waals surface area contributed by atoms with Crippen molar-refractivity contribution < 1.29 is 9.53 Å². The van der Waals surface area contributed by atoms with Crippen molar-refractivity contribution in [3.8, 4) is 0 Å². The van der Waals surface area contributed by atoms with Crippen molar-refractivity contribution >= 4 is 5.91 Å². The Labute approximate surface area is 104 Å². The van der Waals surface area contributed by atoms with Gasteiger partial charge in [-0.25, -0.2) is 0 Å². The summed E-state index contributed by atoms with van der Waals surface area (Å²) < 4.78 is 5.26. The van der Waals surface area contributed by atoms with Crippen LogP contribution in [0.25, 0.3) is 0 Å². The number of carbonyl (C=O) groups excluding carboxylic acids is 1. The van der Waals surface area contributed by atoms with Crippen LogP contribution >= 0.6 is 0 Å². The Morgan fingerprint density at radius 1 is 1.53 bits per heavy atom. The largest absolute Gasteiger partial charge is 0.377 e. The molecule has 0 aromatic rings. The summed E-state index contributed by atoms with van der Waals surface area (Å²) in [5.41, 5.74) is -0.276. The Hall–Kier alpha value is -0.610. The van der Waals surface area contributed by atoms with Crippen LogP contribution in [0.3, 0.4) is 0 Å². The third kappa shape index (κ3) is 6.03. The molecule has 4 heteroatoms. The number of nitrogens with one attached hydrogen (secondary N) is 2.